The minimum absolute atomic E-state index is 0.0942. The van der Waals surface area contributed by atoms with Gasteiger partial charge in [0.25, 0.3) is 0 Å². The first-order chi connectivity index (χ1) is 12.1. The van der Waals surface area contributed by atoms with Crippen LogP contribution in [0.4, 0.5) is 5.69 Å². The van der Waals surface area contributed by atoms with Crippen molar-refractivity contribution in [3.05, 3.63) is 71.5 Å². The molecule has 0 radical (unpaired) electrons. The molecule has 1 N–H and O–H groups in total. The molecule has 3 rings (SSSR count). The molecule has 126 valence electrons. The predicted molar refractivity (Wildman–Crippen MR) is 91.5 cm³/mol. The van der Waals surface area contributed by atoms with Crippen molar-refractivity contribution >= 4 is 23.2 Å². The lowest BCUT2D eigenvalue weighted by Crippen LogP contribution is -2.13. The number of nitrogens with zero attached hydrogens (tertiary/aromatic N) is 1. The van der Waals surface area contributed by atoms with E-state index in [-0.39, 0.29) is 23.5 Å². The number of aliphatic hydroxyl groups excluding tert-OH is 1. The molecule has 0 unspecified atom stereocenters. The molecule has 6 nitrogen and oxygen atoms in total. The van der Waals surface area contributed by atoms with E-state index >= 15 is 0 Å². The van der Waals surface area contributed by atoms with Crippen LogP contribution < -0.4 is 4.74 Å². The van der Waals surface area contributed by atoms with Gasteiger partial charge in [0.05, 0.1) is 18.5 Å². The van der Waals surface area contributed by atoms with Crippen molar-refractivity contribution in [3.8, 4) is 5.75 Å². The van der Waals surface area contributed by atoms with Gasteiger partial charge in [0.15, 0.2) is 5.76 Å². The SMILES string of the molecule is COc1ccc(C(=O)/C(O)=C2\C(=O)OCC2=Nc2ccccc2)cc1. The molecule has 1 aliphatic rings. The van der Waals surface area contributed by atoms with Crippen LogP contribution in [0.3, 0.4) is 0 Å². The fraction of sp³-hybridized carbons (Fsp3) is 0.105. The normalized spacial score (nSPS) is 17.3. The topological polar surface area (TPSA) is 85.2 Å². The standard InChI is InChI=1S/C19H15NO5/c1-24-14-9-7-12(8-10-14)17(21)18(22)16-15(11-25-19(16)23)20-13-5-3-2-4-6-13/h2-10,22H,11H2,1H3/b18-16+,20-15?. The number of carbonyl (C=O) groups is 2. The van der Waals surface area contributed by atoms with Gasteiger partial charge in [0.1, 0.15) is 17.9 Å². The summed E-state index contributed by atoms with van der Waals surface area (Å²) in [5.74, 6) is -1.55. The summed E-state index contributed by atoms with van der Waals surface area (Å²) in [4.78, 5) is 28.7. The largest absolute Gasteiger partial charge is 0.503 e. The van der Waals surface area contributed by atoms with E-state index in [0.29, 0.717) is 11.4 Å². The summed E-state index contributed by atoms with van der Waals surface area (Å²) in [6.45, 7) is -0.0942. The summed E-state index contributed by atoms with van der Waals surface area (Å²) in [5, 5.41) is 10.3. The van der Waals surface area contributed by atoms with Gasteiger partial charge >= 0.3 is 5.97 Å². The monoisotopic (exact) mass is 337 g/mol. The van der Waals surface area contributed by atoms with E-state index in [4.69, 9.17) is 9.47 Å². The highest BCUT2D eigenvalue weighted by Crippen LogP contribution is 2.22. The second-order valence-corrected chi connectivity index (χ2v) is 5.25. The molecule has 2 aromatic rings. The number of benzene rings is 2. The molecule has 0 atom stereocenters. The van der Waals surface area contributed by atoms with Gasteiger partial charge in [-0.15, -0.1) is 0 Å². The van der Waals surface area contributed by atoms with E-state index in [1.807, 2.05) is 6.07 Å². The van der Waals surface area contributed by atoms with Crippen molar-refractivity contribution in [1.82, 2.24) is 0 Å². The summed E-state index contributed by atoms with van der Waals surface area (Å²) in [5.41, 5.74) is 0.836. The summed E-state index contributed by atoms with van der Waals surface area (Å²) in [7, 11) is 1.51. The number of allylic oxidation sites excluding steroid dienone is 1. The highest BCUT2D eigenvalue weighted by Gasteiger charge is 2.33. The minimum Gasteiger partial charge on any atom is -0.503 e. The van der Waals surface area contributed by atoms with Gasteiger partial charge in [0.2, 0.25) is 5.78 Å². The third kappa shape index (κ3) is 3.42. The number of cyclic esters (lactones) is 1. The molecule has 0 bridgehead atoms. The molecule has 0 aromatic heterocycles. The number of para-hydroxylation sites is 1. The Morgan fingerprint density at radius 2 is 1.80 bits per heavy atom. The van der Waals surface area contributed by atoms with E-state index in [0.717, 1.165) is 0 Å². The Kier molecular flexibility index (Phi) is 4.61. The van der Waals surface area contributed by atoms with Gasteiger partial charge in [0, 0.05) is 5.56 Å². The van der Waals surface area contributed by atoms with Crippen LogP contribution in [0.2, 0.25) is 0 Å². The second kappa shape index (κ2) is 7.00. The number of Topliss-reactive ketones (excluding diaryl/α,β-unsaturated/α-hetero) is 1. The molecule has 6 heteroatoms. The fourth-order valence-corrected chi connectivity index (χ4v) is 2.37. The molecule has 1 saturated heterocycles. The molecule has 1 fully saturated rings. The van der Waals surface area contributed by atoms with Crippen LogP contribution in [0.1, 0.15) is 10.4 Å². The lowest BCUT2D eigenvalue weighted by Gasteiger charge is -2.04. The number of methoxy groups -OCH3 is 1. The summed E-state index contributed by atoms with van der Waals surface area (Å²) in [6.07, 6.45) is 0. The first-order valence-electron chi connectivity index (χ1n) is 7.52. The zero-order valence-electron chi connectivity index (χ0n) is 13.4. The number of ether oxygens (including phenoxy) is 2. The summed E-state index contributed by atoms with van der Waals surface area (Å²) < 4.78 is 9.96. The van der Waals surface area contributed by atoms with Crippen molar-refractivity contribution in [2.45, 2.75) is 0 Å². The van der Waals surface area contributed by atoms with Crippen LogP contribution in [0.5, 0.6) is 5.75 Å². The molecular weight excluding hydrogens is 322 g/mol. The molecule has 0 saturated carbocycles. The highest BCUT2D eigenvalue weighted by atomic mass is 16.5. The van der Waals surface area contributed by atoms with Gasteiger partial charge in [-0.05, 0) is 36.4 Å². The lowest BCUT2D eigenvalue weighted by molar-refractivity contribution is -0.135. The van der Waals surface area contributed by atoms with Crippen LogP contribution >= 0.6 is 0 Å². The number of hydrogen-bond donors (Lipinski definition) is 1. The maximum Gasteiger partial charge on any atom is 0.344 e. The van der Waals surface area contributed by atoms with E-state index < -0.39 is 17.5 Å². The number of esters is 1. The molecule has 0 aliphatic carbocycles. The third-order valence-corrected chi connectivity index (χ3v) is 3.66. The number of carbonyl (C=O) groups excluding carboxylic acids is 2. The van der Waals surface area contributed by atoms with Crippen LogP contribution in [0.25, 0.3) is 0 Å². The summed E-state index contributed by atoms with van der Waals surface area (Å²) in [6, 6.07) is 15.1. The van der Waals surface area contributed by atoms with E-state index in [9.17, 15) is 14.7 Å². The van der Waals surface area contributed by atoms with Gasteiger partial charge in [-0.2, -0.15) is 0 Å². The number of aliphatic imine (C=N–C) groups is 1. The predicted octanol–water partition coefficient (Wildman–Crippen LogP) is 3.02. The second-order valence-electron chi connectivity index (χ2n) is 5.25. The van der Waals surface area contributed by atoms with Crippen molar-refractivity contribution < 1.29 is 24.2 Å². The van der Waals surface area contributed by atoms with E-state index in [2.05, 4.69) is 4.99 Å². The van der Waals surface area contributed by atoms with E-state index in [1.54, 1.807) is 36.4 Å². The smallest absolute Gasteiger partial charge is 0.344 e. The fourth-order valence-electron chi connectivity index (χ4n) is 2.37. The third-order valence-electron chi connectivity index (χ3n) is 3.66. The van der Waals surface area contributed by atoms with Crippen LogP contribution in [0.15, 0.2) is 70.9 Å². The number of aliphatic hydroxyl groups is 1. The lowest BCUT2D eigenvalue weighted by atomic mass is 10.0. The minimum atomic E-state index is -0.769. The highest BCUT2D eigenvalue weighted by molar-refractivity contribution is 6.29. The molecule has 25 heavy (non-hydrogen) atoms. The van der Waals surface area contributed by atoms with Crippen molar-refractivity contribution in [3.63, 3.8) is 0 Å². The maximum atomic E-state index is 12.5. The molecular formula is C19H15NO5. The van der Waals surface area contributed by atoms with Gasteiger partial charge in [-0.3, -0.25) is 4.79 Å². The van der Waals surface area contributed by atoms with Gasteiger partial charge in [-0.1, -0.05) is 18.2 Å². The Hall–Kier alpha value is -3.41. The maximum absolute atomic E-state index is 12.5. The Morgan fingerprint density at radius 3 is 2.44 bits per heavy atom. The van der Waals surface area contributed by atoms with Crippen molar-refractivity contribution in [2.75, 3.05) is 13.7 Å². The first kappa shape index (κ1) is 16.4. The summed E-state index contributed by atoms with van der Waals surface area (Å²) >= 11 is 0. The van der Waals surface area contributed by atoms with Gasteiger partial charge < -0.3 is 14.6 Å². The molecule has 0 spiro atoms. The van der Waals surface area contributed by atoms with Crippen molar-refractivity contribution in [2.24, 2.45) is 4.99 Å². The zero-order chi connectivity index (χ0) is 17.8. The Balaban J connectivity index is 1.98. The molecule has 1 aliphatic heterocycles. The van der Waals surface area contributed by atoms with E-state index in [1.165, 1.54) is 19.2 Å². The number of rotatable bonds is 4. The number of ketones is 1. The molecule has 1 heterocycles. The first-order valence-corrected chi connectivity index (χ1v) is 7.52. The Morgan fingerprint density at radius 1 is 1.12 bits per heavy atom. The Labute approximate surface area is 144 Å². The molecule has 2 aromatic carbocycles. The quantitative estimate of drug-likeness (QED) is 0.401. The zero-order valence-corrected chi connectivity index (χ0v) is 13.4. The van der Waals surface area contributed by atoms with Crippen LogP contribution in [-0.2, 0) is 9.53 Å². The van der Waals surface area contributed by atoms with Crippen molar-refractivity contribution in [1.29, 1.82) is 0 Å². The molecule has 0 amide bonds. The average molecular weight is 337 g/mol. The van der Waals surface area contributed by atoms with Crippen LogP contribution in [0, 0.1) is 0 Å². The number of hydrogen-bond acceptors (Lipinski definition) is 6. The average Bonchev–Trinajstić information content (AvgIpc) is 3.01. The Bertz CT molecular complexity index is 866. The van der Waals surface area contributed by atoms with Crippen LogP contribution in [-0.4, -0.2) is 36.3 Å². The van der Waals surface area contributed by atoms with Gasteiger partial charge in [-0.25, -0.2) is 9.79 Å².